The Kier molecular flexibility index (Phi) is 5.68. The number of nitrogens with zero attached hydrogens (tertiary/aromatic N) is 1. The topological polar surface area (TPSA) is 112 Å². The van der Waals surface area contributed by atoms with Crippen molar-refractivity contribution in [2.24, 2.45) is 11.7 Å². The average Bonchev–Trinajstić information content (AvgIpc) is 3.08. The number of hydrogen-bond acceptors (Lipinski definition) is 6. The first-order valence-corrected chi connectivity index (χ1v) is 9.81. The molecule has 2 aliphatic rings. The highest BCUT2D eigenvalue weighted by Crippen LogP contribution is 2.32. The van der Waals surface area contributed by atoms with Crippen LogP contribution in [0, 0.1) is 5.92 Å². The van der Waals surface area contributed by atoms with Crippen molar-refractivity contribution >= 4 is 5.91 Å². The predicted molar refractivity (Wildman–Crippen MR) is 106 cm³/mol. The molecule has 4 unspecified atom stereocenters. The van der Waals surface area contributed by atoms with Crippen LogP contribution in [0.3, 0.4) is 0 Å². The molecule has 1 saturated carbocycles. The zero-order valence-electron chi connectivity index (χ0n) is 15.7. The lowest BCUT2D eigenvalue weighted by atomic mass is 9.75. The molecule has 1 aliphatic carbocycles. The lowest BCUT2D eigenvalue weighted by Gasteiger charge is -2.38. The summed E-state index contributed by atoms with van der Waals surface area (Å²) in [4.78, 5) is 17.5. The molecule has 7 nitrogen and oxygen atoms in total. The van der Waals surface area contributed by atoms with Crippen LogP contribution in [0.25, 0.3) is 0 Å². The van der Waals surface area contributed by atoms with Gasteiger partial charge in [-0.15, -0.1) is 0 Å². The van der Waals surface area contributed by atoms with E-state index in [2.05, 4.69) is 21.2 Å². The highest BCUT2D eigenvalue weighted by molar-refractivity contribution is 5.83. The molecule has 0 radical (unpaired) electrons. The Labute approximate surface area is 164 Å². The number of rotatable bonds is 6. The molecule has 28 heavy (non-hydrogen) atoms. The number of aliphatic hydroxyl groups is 1. The fourth-order valence-electron chi connectivity index (χ4n) is 4.19. The van der Waals surface area contributed by atoms with Gasteiger partial charge >= 0.3 is 0 Å². The number of aliphatic hydroxyl groups excluding tert-OH is 1. The zero-order chi connectivity index (χ0) is 19.5. The predicted octanol–water partition coefficient (Wildman–Crippen LogP) is 0.425. The van der Waals surface area contributed by atoms with Crippen LogP contribution in [0.5, 0.6) is 0 Å². The van der Waals surface area contributed by atoms with Crippen molar-refractivity contribution in [1.29, 1.82) is 0 Å². The van der Waals surface area contributed by atoms with Gasteiger partial charge in [0.05, 0.1) is 12.3 Å². The molecule has 1 amide bonds. The summed E-state index contributed by atoms with van der Waals surface area (Å²) in [5.74, 6) is -0.000489. The van der Waals surface area contributed by atoms with Gasteiger partial charge in [-0.2, -0.15) is 0 Å². The summed E-state index contributed by atoms with van der Waals surface area (Å²) < 4.78 is 0. The Hall–Kier alpha value is -2.32. The van der Waals surface area contributed by atoms with Gasteiger partial charge in [-0.1, -0.05) is 36.4 Å². The Bertz CT molecular complexity index is 782. The minimum atomic E-state index is -0.464. The second-order valence-electron chi connectivity index (χ2n) is 7.75. The van der Waals surface area contributed by atoms with E-state index in [9.17, 15) is 9.90 Å². The minimum Gasteiger partial charge on any atom is -0.393 e. The van der Waals surface area contributed by atoms with Crippen molar-refractivity contribution in [3.8, 4) is 0 Å². The van der Waals surface area contributed by atoms with E-state index < -0.39 is 6.04 Å². The van der Waals surface area contributed by atoms with E-state index in [4.69, 9.17) is 5.73 Å². The molecule has 1 aromatic carbocycles. The molecule has 2 fully saturated rings. The van der Waals surface area contributed by atoms with Gasteiger partial charge in [0.1, 0.15) is 6.04 Å². The van der Waals surface area contributed by atoms with Crippen molar-refractivity contribution in [2.75, 3.05) is 0 Å². The average molecular weight is 381 g/mol. The Morgan fingerprint density at radius 2 is 1.93 bits per heavy atom. The van der Waals surface area contributed by atoms with Crippen molar-refractivity contribution in [2.45, 2.75) is 49.5 Å². The minimum absolute atomic E-state index is 0.0687. The summed E-state index contributed by atoms with van der Waals surface area (Å²) in [7, 11) is 0. The summed E-state index contributed by atoms with van der Waals surface area (Å²) in [6.07, 6.45) is 3.19. The van der Waals surface area contributed by atoms with Crippen molar-refractivity contribution < 1.29 is 9.90 Å². The number of hydrogen-bond donors (Lipinski definition) is 5. The normalized spacial score (nSPS) is 30.4. The third-order valence-electron chi connectivity index (χ3n) is 5.82. The molecule has 0 spiro atoms. The maximum absolute atomic E-state index is 13.1. The van der Waals surface area contributed by atoms with Gasteiger partial charge < -0.3 is 16.2 Å². The Morgan fingerprint density at radius 1 is 1.18 bits per heavy atom. The Balaban J connectivity index is 1.48. The van der Waals surface area contributed by atoms with E-state index in [1.54, 1.807) is 6.20 Å². The van der Waals surface area contributed by atoms with Gasteiger partial charge in [0, 0.05) is 30.3 Å². The van der Waals surface area contributed by atoms with Crippen LogP contribution < -0.4 is 21.9 Å². The molecule has 148 valence electrons. The molecule has 1 aromatic heterocycles. The summed E-state index contributed by atoms with van der Waals surface area (Å²) in [5.41, 5.74) is 14.2. The standard InChI is InChI=1S/C21H27N5O2/c22-20-18(13-6-2-1-3-7-13)19(25-26-20)21(28)24-17(14-10-16(27)11-14)12-15-8-4-5-9-23-15/h1-9,14,16-20,25-27H,10-12,22H2,(H,24,28). The largest absolute Gasteiger partial charge is 0.393 e. The van der Waals surface area contributed by atoms with Gasteiger partial charge in [0.15, 0.2) is 0 Å². The molecular weight excluding hydrogens is 354 g/mol. The zero-order valence-corrected chi connectivity index (χ0v) is 15.7. The first-order chi connectivity index (χ1) is 13.6. The van der Waals surface area contributed by atoms with Crippen LogP contribution in [0.4, 0.5) is 0 Å². The van der Waals surface area contributed by atoms with E-state index in [0.29, 0.717) is 19.3 Å². The third kappa shape index (κ3) is 4.07. The molecule has 4 rings (SSSR count). The molecule has 1 aliphatic heterocycles. The molecule has 4 atom stereocenters. The summed E-state index contributed by atoms with van der Waals surface area (Å²) in [6, 6.07) is 15.1. The molecule has 1 saturated heterocycles. The maximum Gasteiger partial charge on any atom is 0.239 e. The van der Waals surface area contributed by atoms with Crippen LogP contribution in [0.1, 0.15) is 30.0 Å². The number of nitrogens with one attached hydrogen (secondary N) is 3. The number of nitrogens with two attached hydrogens (primary N) is 1. The number of carbonyl (C=O) groups excluding carboxylic acids is 1. The number of pyridine rings is 1. The van der Waals surface area contributed by atoms with Crippen molar-refractivity contribution in [3.05, 3.63) is 66.0 Å². The van der Waals surface area contributed by atoms with Crippen LogP contribution in [0.15, 0.2) is 54.7 Å². The SMILES string of the molecule is NC1NNC(C(=O)NC(Cc2ccccn2)C2CC(O)C2)C1c1ccccc1. The lowest BCUT2D eigenvalue weighted by Crippen LogP contribution is -2.53. The van der Waals surface area contributed by atoms with E-state index in [1.165, 1.54) is 0 Å². The number of hydrazine groups is 1. The van der Waals surface area contributed by atoms with Gasteiger partial charge in [-0.25, -0.2) is 10.9 Å². The van der Waals surface area contributed by atoms with Crippen LogP contribution in [-0.2, 0) is 11.2 Å². The van der Waals surface area contributed by atoms with Crippen LogP contribution >= 0.6 is 0 Å². The summed E-state index contributed by atoms with van der Waals surface area (Å²) >= 11 is 0. The first-order valence-electron chi connectivity index (χ1n) is 9.81. The second kappa shape index (κ2) is 8.36. The van der Waals surface area contributed by atoms with Crippen molar-refractivity contribution in [1.82, 2.24) is 21.2 Å². The summed E-state index contributed by atoms with van der Waals surface area (Å²) in [5, 5.41) is 12.9. The number of benzene rings is 1. The highest BCUT2D eigenvalue weighted by atomic mass is 16.3. The van der Waals surface area contributed by atoms with Gasteiger partial charge in [-0.3, -0.25) is 9.78 Å². The quantitative estimate of drug-likeness (QED) is 0.496. The molecule has 0 bridgehead atoms. The monoisotopic (exact) mass is 381 g/mol. The Morgan fingerprint density at radius 3 is 2.61 bits per heavy atom. The third-order valence-corrected chi connectivity index (χ3v) is 5.82. The maximum atomic E-state index is 13.1. The first kappa shape index (κ1) is 19.0. The lowest BCUT2D eigenvalue weighted by molar-refractivity contribution is -0.125. The second-order valence-corrected chi connectivity index (χ2v) is 7.75. The molecular formula is C21H27N5O2. The van der Waals surface area contributed by atoms with Crippen molar-refractivity contribution in [3.63, 3.8) is 0 Å². The van der Waals surface area contributed by atoms with Gasteiger partial charge in [-0.05, 0) is 36.5 Å². The fourth-order valence-corrected chi connectivity index (χ4v) is 4.19. The van der Waals surface area contributed by atoms with Gasteiger partial charge in [0.25, 0.3) is 0 Å². The van der Waals surface area contributed by atoms with E-state index in [-0.39, 0.29) is 36.1 Å². The molecule has 7 heteroatoms. The summed E-state index contributed by atoms with van der Waals surface area (Å²) in [6.45, 7) is 0. The van der Waals surface area contributed by atoms with E-state index in [1.807, 2.05) is 48.5 Å². The number of carbonyl (C=O) groups is 1. The molecule has 2 aromatic rings. The molecule has 2 heterocycles. The number of amides is 1. The highest BCUT2D eigenvalue weighted by Gasteiger charge is 2.41. The number of aromatic nitrogens is 1. The van der Waals surface area contributed by atoms with E-state index in [0.717, 1.165) is 11.3 Å². The van der Waals surface area contributed by atoms with E-state index >= 15 is 0 Å². The smallest absolute Gasteiger partial charge is 0.239 e. The molecule has 6 N–H and O–H groups in total. The van der Waals surface area contributed by atoms with Crippen LogP contribution in [-0.4, -0.2) is 40.4 Å². The fraction of sp³-hybridized carbons (Fsp3) is 0.429. The van der Waals surface area contributed by atoms with Gasteiger partial charge in [0.2, 0.25) is 5.91 Å². The van der Waals surface area contributed by atoms with Crippen LogP contribution in [0.2, 0.25) is 0 Å².